The van der Waals surface area contributed by atoms with Crippen molar-refractivity contribution in [2.24, 2.45) is 0 Å². The lowest BCUT2D eigenvalue weighted by Crippen LogP contribution is -2.26. The summed E-state index contributed by atoms with van der Waals surface area (Å²) in [6, 6.07) is 13.1. The molecule has 1 aromatic heterocycles. The van der Waals surface area contributed by atoms with Crippen LogP contribution in [0.15, 0.2) is 53.9 Å². The van der Waals surface area contributed by atoms with Crippen LogP contribution in [0.1, 0.15) is 31.4 Å². The van der Waals surface area contributed by atoms with Gasteiger partial charge in [-0.25, -0.2) is 9.37 Å². The Morgan fingerprint density at radius 1 is 1.07 bits per heavy atom. The van der Waals surface area contributed by atoms with Gasteiger partial charge in [-0.1, -0.05) is 35.9 Å². The first-order valence-corrected chi connectivity index (χ1v) is 9.78. The zero-order chi connectivity index (χ0) is 19.9. The van der Waals surface area contributed by atoms with Crippen LogP contribution in [0.3, 0.4) is 0 Å². The molecule has 0 aliphatic carbocycles. The molecule has 0 saturated heterocycles. The molecule has 1 heterocycles. The first-order valence-electron chi connectivity index (χ1n) is 8.52. The fourth-order valence-corrected chi connectivity index (χ4v) is 3.39. The van der Waals surface area contributed by atoms with Gasteiger partial charge < -0.3 is 10.6 Å². The average molecular weight is 418 g/mol. The molecule has 0 atom stereocenters. The lowest BCUT2D eigenvalue weighted by Gasteiger charge is -2.05. The predicted octanol–water partition coefficient (Wildman–Crippen LogP) is 3.84. The van der Waals surface area contributed by atoms with E-state index < -0.39 is 0 Å². The van der Waals surface area contributed by atoms with Crippen LogP contribution in [0.4, 0.5) is 4.39 Å². The van der Waals surface area contributed by atoms with Crippen LogP contribution in [0.25, 0.3) is 0 Å². The maximum atomic E-state index is 13.6. The van der Waals surface area contributed by atoms with Crippen LogP contribution in [0.2, 0.25) is 5.02 Å². The van der Waals surface area contributed by atoms with Crippen molar-refractivity contribution in [1.29, 1.82) is 0 Å². The molecule has 2 aromatic carbocycles. The molecule has 0 saturated carbocycles. The van der Waals surface area contributed by atoms with Crippen molar-refractivity contribution in [3.63, 3.8) is 0 Å². The Labute approximate surface area is 170 Å². The SMILES string of the molecule is O=C(NCc1nc(C(=O)NCCc2ccccc2F)cs1)c1cccc(Cl)c1. The third kappa shape index (κ3) is 5.37. The number of carbonyl (C=O) groups excluding carboxylic acids is 2. The molecule has 0 aliphatic rings. The molecule has 5 nitrogen and oxygen atoms in total. The van der Waals surface area contributed by atoms with E-state index in [0.717, 1.165) is 0 Å². The quantitative estimate of drug-likeness (QED) is 0.613. The van der Waals surface area contributed by atoms with Gasteiger partial charge in [-0.05, 0) is 36.2 Å². The minimum absolute atomic E-state index is 0.207. The summed E-state index contributed by atoms with van der Waals surface area (Å²) in [5.41, 5.74) is 1.27. The highest BCUT2D eigenvalue weighted by atomic mass is 35.5. The summed E-state index contributed by atoms with van der Waals surface area (Å²) in [5.74, 6) is -0.892. The van der Waals surface area contributed by atoms with Crippen LogP contribution in [-0.2, 0) is 13.0 Å². The Hall–Kier alpha value is -2.77. The molecule has 0 spiro atoms. The van der Waals surface area contributed by atoms with E-state index in [1.807, 2.05) is 0 Å². The number of nitrogens with zero attached hydrogens (tertiary/aromatic N) is 1. The first-order chi connectivity index (χ1) is 13.5. The molecule has 0 unspecified atom stereocenters. The van der Waals surface area contributed by atoms with E-state index in [4.69, 9.17) is 11.6 Å². The smallest absolute Gasteiger partial charge is 0.270 e. The van der Waals surface area contributed by atoms with E-state index in [-0.39, 0.29) is 29.9 Å². The van der Waals surface area contributed by atoms with Gasteiger partial charge in [0.15, 0.2) is 0 Å². The molecule has 0 fully saturated rings. The monoisotopic (exact) mass is 417 g/mol. The van der Waals surface area contributed by atoms with Gasteiger partial charge in [0.2, 0.25) is 0 Å². The Morgan fingerprint density at radius 2 is 1.89 bits per heavy atom. The summed E-state index contributed by atoms with van der Waals surface area (Å²) in [7, 11) is 0. The number of nitrogens with one attached hydrogen (secondary N) is 2. The van der Waals surface area contributed by atoms with Crippen molar-refractivity contribution >= 4 is 34.8 Å². The molecule has 28 heavy (non-hydrogen) atoms. The normalized spacial score (nSPS) is 10.5. The summed E-state index contributed by atoms with van der Waals surface area (Å²) in [6.07, 6.45) is 0.394. The second kappa shape index (κ2) is 9.43. The van der Waals surface area contributed by atoms with Crippen LogP contribution in [0, 0.1) is 5.82 Å². The zero-order valence-electron chi connectivity index (χ0n) is 14.7. The Kier molecular flexibility index (Phi) is 6.73. The van der Waals surface area contributed by atoms with E-state index >= 15 is 0 Å². The lowest BCUT2D eigenvalue weighted by atomic mass is 10.1. The van der Waals surface area contributed by atoms with E-state index in [2.05, 4.69) is 15.6 Å². The highest BCUT2D eigenvalue weighted by Gasteiger charge is 2.12. The summed E-state index contributed by atoms with van der Waals surface area (Å²) in [6.45, 7) is 0.511. The lowest BCUT2D eigenvalue weighted by molar-refractivity contribution is 0.0945. The zero-order valence-corrected chi connectivity index (χ0v) is 16.3. The van der Waals surface area contributed by atoms with Crippen molar-refractivity contribution < 1.29 is 14.0 Å². The number of carbonyl (C=O) groups is 2. The van der Waals surface area contributed by atoms with Crippen LogP contribution < -0.4 is 10.6 Å². The van der Waals surface area contributed by atoms with Gasteiger partial charge in [0.1, 0.15) is 16.5 Å². The van der Waals surface area contributed by atoms with Crippen molar-refractivity contribution in [3.05, 3.63) is 86.6 Å². The highest BCUT2D eigenvalue weighted by molar-refractivity contribution is 7.09. The van der Waals surface area contributed by atoms with E-state index in [1.54, 1.807) is 47.8 Å². The van der Waals surface area contributed by atoms with Crippen LogP contribution in [0.5, 0.6) is 0 Å². The summed E-state index contributed by atoms with van der Waals surface area (Å²) >= 11 is 7.16. The molecule has 3 aromatic rings. The standard InChI is InChI=1S/C20H17ClFN3O2S/c21-15-6-3-5-14(10-15)19(26)24-11-18-25-17(12-28-18)20(27)23-9-8-13-4-1-2-7-16(13)22/h1-7,10,12H,8-9,11H2,(H,23,27)(H,24,26). The molecule has 2 N–H and O–H groups in total. The van der Waals surface area contributed by atoms with Gasteiger partial charge in [0.25, 0.3) is 11.8 Å². The summed E-state index contributed by atoms with van der Waals surface area (Å²) < 4.78 is 13.6. The second-order valence-corrected chi connectivity index (χ2v) is 7.30. The summed E-state index contributed by atoms with van der Waals surface area (Å²) in [5, 5.41) is 8.18. The number of hydrogen-bond acceptors (Lipinski definition) is 4. The van der Waals surface area contributed by atoms with E-state index in [9.17, 15) is 14.0 Å². The number of rotatable bonds is 7. The first kappa shape index (κ1) is 20.0. The van der Waals surface area contributed by atoms with Gasteiger partial charge in [-0.15, -0.1) is 11.3 Å². The van der Waals surface area contributed by atoms with Gasteiger partial charge in [-0.2, -0.15) is 0 Å². The molecule has 144 valence electrons. The Bertz CT molecular complexity index is 993. The predicted molar refractivity (Wildman–Crippen MR) is 107 cm³/mol. The molecule has 2 amide bonds. The van der Waals surface area contributed by atoms with Gasteiger partial charge in [0, 0.05) is 22.5 Å². The number of amides is 2. The van der Waals surface area contributed by atoms with Gasteiger partial charge in [-0.3, -0.25) is 9.59 Å². The number of aromatic nitrogens is 1. The molecular weight excluding hydrogens is 401 g/mol. The Morgan fingerprint density at radius 3 is 2.68 bits per heavy atom. The summed E-state index contributed by atoms with van der Waals surface area (Å²) in [4.78, 5) is 28.5. The largest absolute Gasteiger partial charge is 0.350 e. The molecule has 0 bridgehead atoms. The van der Waals surface area contributed by atoms with E-state index in [0.29, 0.717) is 34.1 Å². The van der Waals surface area contributed by atoms with Crippen LogP contribution in [-0.4, -0.2) is 23.3 Å². The van der Waals surface area contributed by atoms with Crippen LogP contribution >= 0.6 is 22.9 Å². The number of thiazole rings is 1. The topological polar surface area (TPSA) is 71.1 Å². The maximum absolute atomic E-state index is 13.6. The Balaban J connectivity index is 1.48. The molecule has 0 aliphatic heterocycles. The fourth-order valence-electron chi connectivity index (χ4n) is 2.49. The molecule has 0 radical (unpaired) electrons. The van der Waals surface area contributed by atoms with E-state index in [1.165, 1.54) is 17.4 Å². The molecule has 8 heteroatoms. The minimum Gasteiger partial charge on any atom is -0.350 e. The number of benzene rings is 2. The second-order valence-electron chi connectivity index (χ2n) is 5.92. The maximum Gasteiger partial charge on any atom is 0.270 e. The minimum atomic E-state index is -0.333. The van der Waals surface area contributed by atoms with Crippen molar-refractivity contribution in [2.45, 2.75) is 13.0 Å². The third-order valence-electron chi connectivity index (χ3n) is 3.91. The number of hydrogen-bond donors (Lipinski definition) is 2. The van der Waals surface area contributed by atoms with Crippen molar-refractivity contribution in [2.75, 3.05) is 6.54 Å². The average Bonchev–Trinajstić information content (AvgIpc) is 3.17. The van der Waals surface area contributed by atoms with Gasteiger partial charge in [0.05, 0.1) is 6.54 Å². The van der Waals surface area contributed by atoms with Gasteiger partial charge >= 0.3 is 0 Å². The number of halogens is 2. The highest BCUT2D eigenvalue weighted by Crippen LogP contribution is 2.13. The fraction of sp³-hybridized carbons (Fsp3) is 0.150. The van der Waals surface area contributed by atoms with Crippen molar-refractivity contribution in [3.8, 4) is 0 Å². The van der Waals surface area contributed by atoms with Crippen molar-refractivity contribution in [1.82, 2.24) is 15.6 Å². The molecular formula is C20H17ClFN3O2S. The third-order valence-corrected chi connectivity index (χ3v) is 4.99. The molecule has 3 rings (SSSR count).